The summed E-state index contributed by atoms with van der Waals surface area (Å²) >= 11 is 0. The Morgan fingerprint density at radius 3 is 1.20 bits per heavy atom. The molecule has 0 heterocycles. The third-order valence-corrected chi connectivity index (χ3v) is 0. The minimum Gasteiger partial charge on any atom is -0.0104 e. The quantitative estimate of drug-likeness (QED) is 0.463. The van der Waals surface area contributed by atoms with Crippen LogP contribution in [-0.4, -0.2) is 62.8 Å². The summed E-state index contributed by atoms with van der Waals surface area (Å²) in [5.74, 6) is 0. The molecule has 0 aromatic carbocycles. The Bertz CT molecular complexity index is 9.61. The van der Waals surface area contributed by atoms with E-state index in [0.717, 1.165) is 0 Å². The summed E-state index contributed by atoms with van der Waals surface area (Å²) in [6.07, 6.45) is 0. The van der Waals surface area contributed by atoms with Crippen LogP contribution in [0.5, 0.6) is 0 Å². The Hall–Kier alpha value is 1.83. The van der Waals surface area contributed by atoms with Crippen LogP contribution in [0.25, 0.3) is 0 Å². The second kappa shape index (κ2) is 17.0. The second-order valence-electron chi connectivity index (χ2n) is 0.0583. The molecule has 5 heteroatoms. The maximum Gasteiger partial charge on any atom is 0.0209 e. The van der Waals surface area contributed by atoms with E-state index in [1.807, 2.05) is 0 Å². The summed E-state index contributed by atoms with van der Waals surface area (Å²) < 4.78 is 18.2. The Labute approximate surface area is 75.9 Å². The molecule has 0 bridgehead atoms. The van der Waals surface area contributed by atoms with Gasteiger partial charge in [-0.1, -0.05) is 0 Å². The molecule has 1 nitrogen and oxygen atoms in total. The zero-order chi connectivity index (χ0) is 2.71. The van der Waals surface area contributed by atoms with Gasteiger partial charge in [0.15, 0.2) is 0 Å². The molecule has 0 atom stereocenters. The fraction of sp³-hybridized carbons (Fsp3) is 0. The fourth-order valence-electron chi connectivity index (χ4n) is 0. The normalized spacial score (nSPS) is 3.60. The van der Waals surface area contributed by atoms with Gasteiger partial charge >= 0.3 is 0 Å². The Balaban J connectivity index is -0.0000000200. The molecule has 0 amide bonds. The van der Waals surface area contributed by atoms with Gasteiger partial charge in [0.2, 0.25) is 0 Å². The first kappa shape index (κ1) is 15.8. The molecule has 0 N–H and O–H groups in total. The SMILES string of the molecule is FOF.[Al].[Sr]. The average molecular weight is 169 g/mol. The van der Waals surface area contributed by atoms with Gasteiger partial charge in [0, 0.05) is 68.0 Å². The average Bonchev–Trinajstić information content (AvgIpc) is 0.918. The standard InChI is InChI=1S/Al.F2O.Sr/c;1-3-2;. The van der Waals surface area contributed by atoms with Gasteiger partial charge in [-0.25, -0.2) is 0 Å². The smallest absolute Gasteiger partial charge is 0.0104 e. The van der Waals surface area contributed by atoms with E-state index in [2.05, 4.69) is 0 Å². The van der Waals surface area contributed by atoms with Gasteiger partial charge in [-0.2, -0.15) is 0 Å². The van der Waals surface area contributed by atoms with Crippen molar-refractivity contribution in [2.45, 2.75) is 0 Å². The zero-order valence-corrected chi connectivity index (χ0v) is 7.08. The fourth-order valence-corrected chi connectivity index (χ4v) is 0. The van der Waals surface area contributed by atoms with Crippen LogP contribution in [0.3, 0.4) is 0 Å². The van der Waals surface area contributed by atoms with Crippen molar-refractivity contribution in [1.82, 2.24) is 0 Å². The summed E-state index contributed by atoms with van der Waals surface area (Å²) in [5, 5.41) is 1.25. The van der Waals surface area contributed by atoms with Gasteiger partial charge in [-0.05, 0) is 9.05 Å². The van der Waals surface area contributed by atoms with Gasteiger partial charge in [0.05, 0.1) is 0 Å². The third-order valence-electron chi connectivity index (χ3n) is 0. The van der Waals surface area contributed by atoms with Crippen LogP contribution in [0.4, 0.5) is 9.05 Å². The van der Waals surface area contributed by atoms with Crippen molar-refractivity contribution < 1.29 is 14.2 Å². The van der Waals surface area contributed by atoms with Crippen molar-refractivity contribution >= 4 is 62.8 Å². The Morgan fingerprint density at radius 2 is 1.20 bits per heavy atom. The molecule has 0 aromatic rings. The maximum atomic E-state index is 9.12. The molecule has 0 saturated carbocycles. The molecule has 0 spiro atoms. The van der Waals surface area contributed by atoms with E-state index in [1.165, 1.54) is 5.15 Å². The van der Waals surface area contributed by atoms with Gasteiger partial charge in [-0.15, -0.1) is 0 Å². The molecule has 0 aliphatic heterocycles. The summed E-state index contributed by atoms with van der Waals surface area (Å²) in [5.41, 5.74) is 0. The minimum absolute atomic E-state index is 0. The Morgan fingerprint density at radius 1 is 1.20 bits per heavy atom. The first-order valence-corrected chi connectivity index (χ1v) is 0.309. The van der Waals surface area contributed by atoms with Crippen molar-refractivity contribution in [2.24, 2.45) is 0 Å². The number of halogens is 2. The van der Waals surface area contributed by atoms with Crippen LogP contribution in [0, 0.1) is 0 Å². The molecule has 5 heavy (non-hydrogen) atoms. The van der Waals surface area contributed by atoms with E-state index in [9.17, 15) is 0 Å². The molecule has 5 radical (unpaired) electrons. The molecular weight excluding hydrogens is 169 g/mol. The minimum atomic E-state index is 0. The number of rotatable bonds is 0. The van der Waals surface area contributed by atoms with Crippen LogP contribution in [-0.2, 0) is 5.15 Å². The topological polar surface area (TPSA) is 9.23 Å². The van der Waals surface area contributed by atoms with Crippen molar-refractivity contribution in [3.05, 3.63) is 0 Å². The summed E-state index contributed by atoms with van der Waals surface area (Å²) in [6, 6.07) is 0. The van der Waals surface area contributed by atoms with Gasteiger partial charge in [0.25, 0.3) is 0 Å². The number of hydrogen-bond acceptors (Lipinski definition) is 1. The van der Waals surface area contributed by atoms with Crippen LogP contribution in [0.15, 0.2) is 0 Å². The first-order chi connectivity index (χ1) is 1.41. The van der Waals surface area contributed by atoms with E-state index < -0.39 is 0 Å². The Kier molecular flexibility index (Phi) is 53.7. The molecule has 0 aromatic heterocycles. The van der Waals surface area contributed by atoms with Crippen LogP contribution >= 0.6 is 0 Å². The molecule has 0 unspecified atom stereocenters. The van der Waals surface area contributed by atoms with Crippen molar-refractivity contribution in [3.8, 4) is 0 Å². The van der Waals surface area contributed by atoms with Gasteiger partial charge < -0.3 is 0 Å². The molecule has 0 fully saturated rings. The summed E-state index contributed by atoms with van der Waals surface area (Å²) in [6.45, 7) is 0. The van der Waals surface area contributed by atoms with E-state index >= 15 is 0 Å². The maximum absolute atomic E-state index is 9.12. The zero-order valence-electron chi connectivity index (χ0n) is 2.45. The van der Waals surface area contributed by atoms with Crippen LogP contribution in [0.2, 0.25) is 0 Å². The van der Waals surface area contributed by atoms with E-state index in [1.54, 1.807) is 0 Å². The second-order valence-corrected chi connectivity index (χ2v) is 0.0583. The monoisotopic (exact) mass is 169 g/mol. The first-order valence-electron chi connectivity index (χ1n) is 0.309. The molecule has 0 saturated heterocycles. The van der Waals surface area contributed by atoms with Crippen molar-refractivity contribution in [3.63, 3.8) is 0 Å². The van der Waals surface area contributed by atoms with E-state index in [0.29, 0.717) is 0 Å². The van der Waals surface area contributed by atoms with Crippen molar-refractivity contribution in [1.29, 1.82) is 0 Å². The van der Waals surface area contributed by atoms with Crippen LogP contribution < -0.4 is 0 Å². The molecule has 25 valence electrons. The van der Waals surface area contributed by atoms with Crippen LogP contribution in [0.1, 0.15) is 0 Å². The molecule has 0 rings (SSSR count). The van der Waals surface area contributed by atoms with E-state index in [-0.39, 0.29) is 62.8 Å². The molecule has 0 aliphatic carbocycles. The number of hydrogen-bond donors (Lipinski definition) is 0. The predicted molar refractivity (Wildman–Crippen MR) is 14.8 cm³/mol. The largest absolute Gasteiger partial charge is 0.0209 e. The predicted octanol–water partition coefficient (Wildman–Crippen LogP) is 0.0104. The van der Waals surface area contributed by atoms with E-state index in [4.69, 9.17) is 9.05 Å². The molecule has 0 aliphatic rings. The van der Waals surface area contributed by atoms with Crippen molar-refractivity contribution in [2.75, 3.05) is 0 Å². The van der Waals surface area contributed by atoms with Gasteiger partial charge in [-0.3, -0.25) is 0 Å². The third kappa shape index (κ3) is 25.5. The summed E-state index contributed by atoms with van der Waals surface area (Å²) in [7, 11) is 0. The molecular formula is AlF2OSr. The van der Waals surface area contributed by atoms with Gasteiger partial charge in [0.1, 0.15) is 0 Å². The summed E-state index contributed by atoms with van der Waals surface area (Å²) in [4.78, 5) is 0.